The number of rotatable bonds is 5. The summed E-state index contributed by atoms with van der Waals surface area (Å²) in [5.41, 5.74) is 2.63. The number of amides is 1. The molecule has 0 spiro atoms. The maximum atomic E-state index is 13.3. The van der Waals surface area contributed by atoms with Crippen molar-refractivity contribution < 1.29 is 13.6 Å². The first-order valence-corrected chi connectivity index (χ1v) is 7.32. The monoisotopic (exact) mass is 303 g/mol. The molecule has 0 unspecified atom stereocenters. The van der Waals surface area contributed by atoms with Crippen molar-refractivity contribution in [2.75, 3.05) is 11.4 Å². The summed E-state index contributed by atoms with van der Waals surface area (Å²) in [6.07, 6.45) is 0.955. The first kappa shape index (κ1) is 16.1. The Hall–Kier alpha value is -2.23. The molecule has 4 heteroatoms. The van der Waals surface area contributed by atoms with Gasteiger partial charge in [0.15, 0.2) is 11.6 Å². The maximum absolute atomic E-state index is 13.3. The Labute approximate surface area is 129 Å². The van der Waals surface area contributed by atoms with Crippen LogP contribution in [0.5, 0.6) is 0 Å². The second kappa shape index (κ2) is 7.16. The van der Waals surface area contributed by atoms with E-state index < -0.39 is 11.6 Å². The molecule has 0 fully saturated rings. The van der Waals surface area contributed by atoms with Gasteiger partial charge in [-0.1, -0.05) is 29.8 Å². The van der Waals surface area contributed by atoms with Crippen LogP contribution < -0.4 is 4.90 Å². The molecule has 0 N–H and O–H groups in total. The Morgan fingerprint density at radius 1 is 1.09 bits per heavy atom. The summed E-state index contributed by atoms with van der Waals surface area (Å²) in [7, 11) is 0. The summed E-state index contributed by atoms with van der Waals surface area (Å²) in [4.78, 5) is 13.8. The minimum Gasteiger partial charge on any atom is -0.313 e. The summed E-state index contributed by atoms with van der Waals surface area (Å²) < 4.78 is 26.3. The molecular weight excluding hydrogens is 284 g/mol. The number of hydrogen-bond acceptors (Lipinski definition) is 1. The van der Waals surface area contributed by atoms with Crippen LogP contribution in [0, 0.1) is 18.6 Å². The van der Waals surface area contributed by atoms with Crippen LogP contribution in [-0.2, 0) is 11.2 Å². The third-order valence-corrected chi connectivity index (χ3v) is 3.54. The lowest BCUT2D eigenvalue weighted by Gasteiger charge is -2.21. The van der Waals surface area contributed by atoms with Gasteiger partial charge in [0.25, 0.3) is 0 Å². The average Bonchev–Trinajstić information content (AvgIpc) is 2.49. The van der Waals surface area contributed by atoms with Gasteiger partial charge in [-0.2, -0.15) is 0 Å². The third kappa shape index (κ3) is 3.91. The first-order valence-electron chi connectivity index (χ1n) is 7.32. The number of halogens is 2. The standard InChI is InChI=1S/C18H19F2NO/c1-3-21(15-8-9-16(19)17(20)12-15)18(22)10-7-14-6-4-5-13(2)11-14/h4-6,8-9,11-12H,3,7,10H2,1-2H3. The molecule has 0 radical (unpaired) electrons. The van der Waals surface area contributed by atoms with Crippen LogP contribution >= 0.6 is 0 Å². The quantitative estimate of drug-likeness (QED) is 0.808. The average molecular weight is 303 g/mol. The zero-order valence-corrected chi connectivity index (χ0v) is 12.8. The van der Waals surface area contributed by atoms with Gasteiger partial charge in [-0.15, -0.1) is 0 Å². The number of carbonyl (C=O) groups is 1. The highest BCUT2D eigenvalue weighted by atomic mass is 19.2. The van der Waals surface area contributed by atoms with E-state index in [1.54, 1.807) is 0 Å². The van der Waals surface area contributed by atoms with Gasteiger partial charge < -0.3 is 4.90 Å². The SMILES string of the molecule is CCN(C(=O)CCc1cccc(C)c1)c1ccc(F)c(F)c1. The zero-order valence-electron chi connectivity index (χ0n) is 12.8. The largest absolute Gasteiger partial charge is 0.313 e. The fourth-order valence-corrected chi connectivity index (χ4v) is 2.41. The highest BCUT2D eigenvalue weighted by molar-refractivity contribution is 5.93. The molecule has 116 valence electrons. The summed E-state index contributed by atoms with van der Waals surface area (Å²) in [5.74, 6) is -1.95. The topological polar surface area (TPSA) is 20.3 Å². The van der Waals surface area contributed by atoms with Crippen molar-refractivity contribution in [1.29, 1.82) is 0 Å². The van der Waals surface area contributed by atoms with Crippen molar-refractivity contribution in [1.82, 2.24) is 0 Å². The highest BCUT2D eigenvalue weighted by Gasteiger charge is 2.15. The highest BCUT2D eigenvalue weighted by Crippen LogP contribution is 2.19. The van der Waals surface area contributed by atoms with E-state index in [2.05, 4.69) is 0 Å². The predicted molar refractivity (Wildman–Crippen MR) is 83.9 cm³/mol. The molecule has 0 saturated carbocycles. The first-order chi connectivity index (χ1) is 10.5. The van der Waals surface area contributed by atoms with Crippen molar-refractivity contribution >= 4 is 11.6 Å². The number of anilines is 1. The van der Waals surface area contributed by atoms with Crippen LogP contribution in [0.2, 0.25) is 0 Å². The molecule has 0 aliphatic rings. The molecule has 0 aromatic heterocycles. The van der Waals surface area contributed by atoms with Crippen LogP contribution in [0.25, 0.3) is 0 Å². The molecule has 0 aliphatic carbocycles. The van der Waals surface area contributed by atoms with Crippen molar-refractivity contribution in [3.63, 3.8) is 0 Å². The maximum Gasteiger partial charge on any atom is 0.227 e. The van der Waals surface area contributed by atoms with Crippen LogP contribution in [0.3, 0.4) is 0 Å². The smallest absolute Gasteiger partial charge is 0.227 e. The molecule has 0 atom stereocenters. The van der Waals surface area contributed by atoms with E-state index in [1.807, 2.05) is 38.1 Å². The summed E-state index contributed by atoms with van der Waals surface area (Å²) in [6.45, 7) is 4.23. The fourth-order valence-electron chi connectivity index (χ4n) is 2.41. The summed E-state index contributed by atoms with van der Waals surface area (Å²) in [5, 5.41) is 0. The molecule has 0 saturated heterocycles. The van der Waals surface area contributed by atoms with Crippen LogP contribution in [0.4, 0.5) is 14.5 Å². The number of hydrogen-bond donors (Lipinski definition) is 0. The lowest BCUT2D eigenvalue weighted by molar-refractivity contribution is -0.118. The Bertz CT molecular complexity index is 670. The van der Waals surface area contributed by atoms with Gasteiger partial charge in [-0.25, -0.2) is 8.78 Å². The van der Waals surface area contributed by atoms with Crippen LogP contribution in [0.1, 0.15) is 24.5 Å². The lowest BCUT2D eigenvalue weighted by atomic mass is 10.1. The molecule has 0 bridgehead atoms. The molecule has 2 aromatic rings. The van der Waals surface area contributed by atoms with E-state index in [-0.39, 0.29) is 5.91 Å². The molecule has 0 heterocycles. The molecule has 1 amide bonds. The number of nitrogens with zero attached hydrogens (tertiary/aromatic N) is 1. The molecule has 22 heavy (non-hydrogen) atoms. The number of aryl methyl sites for hydroxylation is 2. The van der Waals surface area contributed by atoms with E-state index in [9.17, 15) is 13.6 Å². The minimum absolute atomic E-state index is 0.102. The predicted octanol–water partition coefficient (Wildman–Crippen LogP) is 4.26. The number of carbonyl (C=O) groups excluding carboxylic acids is 1. The summed E-state index contributed by atoms with van der Waals surface area (Å²) >= 11 is 0. The summed E-state index contributed by atoms with van der Waals surface area (Å²) in [6, 6.07) is 11.5. The van der Waals surface area contributed by atoms with Gasteiger partial charge in [0.2, 0.25) is 5.91 Å². The normalized spacial score (nSPS) is 10.5. The molecule has 2 rings (SSSR count). The van der Waals surface area contributed by atoms with E-state index in [0.717, 1.165) is 23.3 Å². The van der Waals surface area contributed by atoms with Gasteiger partial charge in [-0.05, 0) is 38.0 Å². The molecule has 2 nitrogen and oxygen atoms in total. The Balaban J connectivity index is 2.07. The van der Waals surface area contributed by atoms with Crippen molar-refractivity contribution in [3.05, 3.63) is 65.2 Å². The second-order valence-corrected chi connectivity index (χ2v) is 5.23. The minimum atomic E-state index is -0.942. The zero-order chi connectivity index (χ0) is 16.1. The lowest BCUT2D eigenvalue weighted by Crippen LogP contribution is -2.30. The van der Waals surface area contributed by atoms with Gasteiger partial charge in [0.1, 0.15) is 0 Å². The molecule has 0 aliphatic heterocycles. The van der Waals surface area contributed by atoms with E-state index >= 15 is 0 Å². The van der Waals surface area contributed by atoms with Gasteiger partial charge >= 0.3 is 0 Å². The van der Waals surface area contributed by atoms with E-state index in [4.69, 9.17) is 0 Å². The van der Waals surface area contributed by atoms with E-state index in [0.29, 0.717) is 25.1 Å². The van der Waals surface area contributed by atoms with Crippen LogP contribution in [-0.4, -0.2) is 12.5 Å². The van der Waals surface area contributed by atoms with Gasteiger partial charge in [0, 0.05) is 24.7 Å². The number of benzene rings is 2. The van der Waals surface area contributed by atoms with Crippen LogP contribution in [0.15, 0.2) is 42.5 Å². The van der Waals surface area contributed by atoms with Crippen molar-refractivity contribution in [2.45, 2.75) is 26.7 Å². The van der Waals surface area contributed by atoms with E-state index in [1.165, 1.54) is 11.0 Å². The Morgan fingerprint density at radius 3 is 2.50 bits per heavy atom. The fraction of sp³-hybridized carbons (Fsp3) is 0.278. The molecule has 2 aromatic carbocycles. The van der Waals surface area contributed by atoms with Crippen molar-refractivity contribution in [2.24, 2.45) is 0 Å². The van der Waals surface area contributed by atoms with Gasteiger partial charge in [0.05, 0.1) is 0 Å². The Morgan fingerprint density at radius 2 is 1.86 bits per heavy atom. The van der Waals surface area contributed by atoms with Crippen molar-refractivity contribution in [3.8, 4) is 0 Å². The third-order valence-electron chi connectivity index (χ3n) is 3.54. The second-order valence-electron chi connectivity index (χ2n) is 5.23. The van der Waals surface area contributed by atoms with Gasteiger partial charge in [-0.3, -0.25) is 4.79 Å². The Kier molecular flexibility index (Phi) is 5.26. The molecular formula is C18H19F2NO.